The van der Waals surface area contributed by atoms with Gasteiger partial charge in [0, 0.05) is 119 Å². The van der Waals surface area contributed by atoms with Gasteiger partial charge in [0.05, 0.1) is 66.7 Å². The number of benzene rings is 11. The van der Waals surface area contributed by atoms with Crippen LogP contribution in [-0.4, -0.2) is 82.8 Å². The summed E-state index contributed by atoms with van der Waals surface area (Å²) in [5, 5.41) is 10.8. The van der Waals surface area contributed by atoms with E-state index in [1.165, 1.54) is 9.80 Å². The van der Waals surface area contributed by atoms with Gasteiger partial charge in [-0.05, 0) is 230 Å². The lowest BCUT2D eigenvalue weighted by Gasteiger charge is -2.33. The molecule has 0 saturated carbocycles. The predicted molar refractivity (Wildman–Crippen MR) is 543 cm³/mol. The normalized spacial score (nSPS) is 18.2. The largest absolute Gasteiger partial charge is 0.454 e. The maximum Gasteiger partial charge on any atom is 0.159 e. The maximum atomic E-state index is 8.72. The van der Waals surface area contributed by atoms with Crippen molar-refractivity contribution in [3.8, 4) is 0 Å². The summed E-state index contributed by atoms with van der Waals surface area (Å²) in [6.07, 6.45) is 5.95. The van der Waals surface area contributed by atoms with Crippen LogP contribution in [0.5, 0.6) is 0 Å². The highest BCUT2D eigenvalue weighted by Gasteiger charge is 2.43. The zero-order chi connectivity index (χ0) is 98.1. The number of aromatic nitrogens is 4. The summed E-state index contributed by atoms with van der Waals surface area (Å²) in [4.78, 5) is 38.3. The first-order valence-electron chi connectivity index (χ1n) is 49.2. The molecular formula is C112H108N14O5. The van der Waals surface area contributed by atoms with Gasteiger partial charge in [-0.2, -0.15) is 0 Å². The Morgan fingerprint density at radius 1 is 0.244 bits per heavy atom. The average molecular weight is 1740 g/mol. The molecule has 14 heterocycles. The van der Waals surface area contributed by atoms with Gasteiger partial charge in [-0.15, -0.1) is 0 Å². The molecule has 25 rings (SSSR count). The Labute approximate surface area is 775 Å². The van der Waals surface area contributed by atoms with E-state index in [0.29, 0.717) is 17.3 Å². The molecule has 5 aliphatic heterocycles. The van der Waals surface area contributed by atoms with Crippen molar-refractivity contribution in [1.82, 2.24) is 19.9 Å². The molecule has 656 valence electrons. The van der Waals surface area contributed by atoms with Gasteiger partial charge in [0.25, 0.3) is 0 Å². The molecule has 9 aromatic heterocycles. The third kappa shape index (κ3) is 13.3. The van der Waals surface area contributed by atoms with Gasteiger partial charge in [0.15, 0.2) is 51.2 Å². The van der Waals surface area contributed by atoms with Gasteiger partial charge in [0.1, 0.15) is 58.7 Å². The number of fused-ring (bicyclic) bond motifs is 20. The van der Waals surface area contributed by atoms with Crippen LogP contribution in [0, 0.1) is 34.6 Å². The molecule has 11 aromatic carbocycles. The second kappa shape index (κ2) is 32.6. The quantitative estimate of drug-likeness (QED) is 0.142. The first-order chi connectivity index (χ1) is 66.9. The molecule has 0 radical (unpaired) electrons. The second-order valence-corrected chi connectivity index (χ2v) is 35.1. The Kier molecular flexibility index (Phi) is 18.2. The van der Waals surface area contributed by atoms with Gasteiger partial charge in [-0.25, -0.2) is 19.9 Å². The molecule has 20 aromatic rings. The minimum absolute atomic E-state index is 0.00223. The van der Waals surface area contributed by atoms with Gasteiger partial charge >= 0.3 is 0 Å². The standard InChI is InChI=1S/C24H24N2O.2C23H23N3O.2C21H19N3O/c1-15(2)25-17(4)26(21-11-7-6-10-20(21)25)23-16(3)13-14-19-18-9-5-8-12-22(18)27-24(19)23;2*1-14(2)25-16(4)26(23-19(25)9-7-13-24-23)21-15(3)11-12-18-17-8-5-6-10-20(17)27-22(18)21;1-13-10-11-16-15-7-4-5-9-18(15)25-20(16)19(13)24-14(2)23(3)21-17(24)8-6-12-22-21;1-13-10-11-16-15-7-4-5-9-18(15)25-20(16)19(13)24-14(2)23(3)17-8-6-12-22-21(17)24/h5-15,17H,1-4H3;2*5-14,16H,1-4H3;2*4-12,14H,1-3H3/i15D;2*14D;2*3D3. The van der Waals surface area contributed by atoms with Crippen molar-refractivity contribution >= 4 is 196 Å². The highest BCUT2D eigenvalue weighted by atomic mass is 16.3. The third-order valence-corrected chi connectivity index (χ3v) is 26.4. The molecule has 5 aliphatic rings. The third-order valence-electron chi connectivity index (χ3n) is 26.4. The van der Waals surface area contributed by atoms with Crippen molar-refractivity contribution in [2.24, 2.45) is 0 Å². The Hall–Kier alpha value is -15.0. The summed E-state index contributed by atoms with van der Waals surface area (Å²) in [5.74, 6) is 2.82. The zero-order valence-corrected chi connectivity index (χ0v) is 76.2. The zero-order valence-electron chi connectivity index (χ0n) is 85.2. The minimum atomic E-state index is -2.30. The first-order valence-corrected chi connectivity index (χ1v) is 44.7. The summed E-state index contributed by atoms with van der Waals surface area (Å²) in [5.41, 5.74) is 24.3. The average Bonchev–Trinajstić information content (AvgIpc) is 1.59. The molecular weight excluding hydrogens is 1620 g/mol. The molecule has 0 fully saturated rings. The number of aryl methyl sites for hydroxylation is 5. The number of furan rings is 5. The van der Waals surface area contributed by atoms with Gasteiger partial charge < -0.3 is 71.1 Å². The molecule has 5 atom stereocenters. The van der Waals surface area contributed by atoms with E-state index in [9.17, 15) is 0 Å². The van der Waals surface area contributed by atoms with E-state index in [4.69, 9.17) is 44.4 Å². The first kappa shape index (κ1) is 73.0. The molecule has 19 heteroatoms. The Morgan fingerprint density at radius 2 is 0.489 bits per heavy atom. The number of hydrogen-bond donors (Lipinski definition) is 0. The molecule has 5 unspecified atom stereocenters. The fourth-order valence-electron chi connectivity index (χ4n) is 20.6. The number of para-hydroxylation sites is 7. The van der Waals surface area contributed by atoms with Crippen LogP contribution in [0.3, 0.4) is 0 Å². The summed E-state index contributed by atoms with van der Waals surface area (Å²) in [7, 11) is 0. The van der Waals surface area contributed by atoms with Crippen molar-refractivity contribution in [1.29, 1.82) is 0 Å². The maximum absolute atomic E-state index is 8.72. The van der Waals surface area contributed by atoms with Crippen LogP contribution in [0.25, 0.3) is 110 Å². The van der Waals surface area contributed by atoms with Gasteiger partial charge in [-0.3, -0.25) is 0 Å². The smallest absolute Gasteiger partial charge is 0.159 e. The lowest BCUT2D eigenvalue weighted by molar-refractivity contribution is 0.602. The lowest BCUT2D eigenvalue weighted by atomic mass is 10.1. The number of rotatable bonds is 8. The van der Waals surface area contributed by atoms with Gasteiger partial charge in [0.2, 0.25) is 0 Å². The van der Waals surface area contributed by atoms with E-state index in [1.807, 2.05) is 237 Å². The highest BCUT2D eigenvalue weighted by molar-refractivity contribution is 6.16. The SMILES string of the molecule is [2H]C(C)(C)N1c2ccccc2N(c2c(C)ccc3c2oc2ccccc23)C1C.[2H]C(C)(C)N1c2cccnc2N(c2c(C)ccc3c2oc2ccccc23)C1C.[2H]C(C)(C)N1c2cccnc2N(c2c(C)ccc3c2oc2ccccc23)C1C.[2H]C([2H])([2H])N1c2cccnc2N(c2c(C)ccc3c2oc2ccccc23)C1C.[2H]C([2H])([2H])N1c2ncccc2N(c2c(C)ccc3c2oc2ccccc23)C1C. The summed E-state index contributed by atoms with van der Waals surface area (Å²) >= 11 is 0. The van der Waals surface area contributed by atoms with Crippen molar-refractivity contribution in [3.63, 3.8) is 0 Å². The van der Waals surface area contributed by atoms with Crippen LogP contribution in [0.15, 0.2) is 302 Å². The molecule has 0 bridgehead atoms. The lowest BCUT2D eigenvalue weighted by Crippen LogP contribution is -2.42. The summed E-state index contributed by atoms with van der Waals surface area (Å²) in [6.45, 7) is 27.5. The minimum Gasteiger partial charge on any atom is -0.454 e. The van der Waals surface area contributed by atoms with Crippen LogP contribution in [0.1, 0.15) is 116 Å². The highest BCUT2D eigenvalue weighted by Crippen LogP contribution is 2.55. The molecule has 0 N–H and O–H groups in total. The topological polar surface area (TPSA) is 150 Å². The van der Waals surface area contributed by atoms with Crippen LogP contribution < -0.4 is 49.0 Å². The Morgan fingerprint density at radius 3 is 0.824 bits per heavy atom. The van der Waals surface area contributed by atoms with E-state index in [-0.39, 0.29) is 18.5 Å². The molecule has 0 aliphatic carbocycles. The summed E-state index contributed by atoms with van der Waals surface area (Å²) in [6, 6.07) is 82.7. The van der Waals surface area contributed by atoms with E-state index in [2.05, 4.69) is 178 Å². The van der Waals surface area contributed by atoms with Crippen molar-refractivity contribution in [2.45, 2.75) is 160 Å². The second-order valence-electron chi connectivity index (χ2n) is 35.1. The van der Waals surface area contributed by atoms with Crippen molar-refractivity contribution < 1.29 is 34.4 Å². The van der Waals surface area contributed by atoms with E-state index in [0.717, 1.165) is 206 Å². The fourth-order valence-corrected chi connectivity index (χ4v) is 20.6. The van der Waals surface area contributed by atoms with E-state index >= 15 is 0 Å². The predicted octanol–water partition coefficient (Wildman–Crippen LogP) is 29.1. The fraction of sp³-hybridized carbons (Fsp3) is 0.232. The Balaban J connectivity index is 0.000000104. The van der Waals surface area contributed by atoms with Crippen molar-refractivity contribution in [2.75, 3.05) is 63.0 Å². The molecule has 0 spiro atoms. The number of pyridine rings is 4. The monoisotopic (exact) mass is 1740 g/mol. The summed E-state index contributed by atoms with van der Waals surface area (Å²) < 4.78 is 106. The van der Waals surface area contributed by atoms with Crippen molar-refractivity contribution in [3.05, 3.63) is 307 Å². The molecule has 0 amide bonds. The van der Waals surface area contributed by atoms with Crippen LogP contribution >= 0.6 is 0 Å². The molecule has 19 nitrogen and oxygen atoms in total. The molecule has 0 saturated heterocycles. The number of nitrogens with zero attached hydrogens (tertiary/aromatic N) is 14. The van der Waals surface area contributed by atoms with E-state index < -0.39 is 44.3 Å². The molecule has 131 heavy (non-hydrogen) atoms. The van der Waals surface area contributed by atoms with Crippen LogP contribution in [-0.2, 0) is 0 Å². The van der Waals surface area contributed by atoms with Crippen LogP contribution in [0.4, 0.5) is 85.8 Å². The van der Waals surface area contributed by atoms with Gasteiger partial charge in [-0.1, -0.05) is 164 Å². The number of hydrogen-bond acceptors (Lipinski definition) is 19. The number of anilines is 15. The van der Waals surface area contributed by atoms with Crippen LogP contribution in [0.2, 0.25) is 0 Å². The Bertz CT molecular complexity index is 7160. The van der Waals surface area contributed by atoms with E-state index in [1.54, 1.807) is 24.5 Å².